The molecule has 10 heteroatoms. The van der Waals surface area contributed by atoms with Crippen molar-refractivity contribution >= 4 is 15.9 Å². The van der Waals surface area contributed by atoms with E-state index in [0.717, 1.165) is 43.2 Å². The standard InChI is InChI=1S/C23H33N3O6S/c1-15-8-9-24-23-22(15)16-4-6-17(7-5-16)31-13-20-19(25-33(28,29)18-11-30-12-18)3-2-10-26(20)21(27)14-32-23/h8-9,16-20,25H,2-7,10-14H2,1H3/t16?,17?,19-,20-/m0/s1. The van der Waals surface area contributed by atoms with E-state index in [1.54, 1.807) is 11.1 Å². The highest BCUT2D eigenvalue weighted by atomic mass is 32.2. The van der Waals surface area contributed by atoms with E-state index in [9.17, 15) is 13.2 Å². The molecule has 1 aromatic heterocycles. The Hall–Kier alpha value is -1.75. The first kappa shape index (κ1) is 23.0. The second kappa shape index (κ2) is 9.48. The van der Waals surface area contributed by atoms with E-state index in [1.165, 1.54) is 0 Å². The van der Waals surface area contributed by atoms with Crippen LogP contribution in [0.25, 0.3) is 0 Å². The third-order valence-corrected chi connectivity index (χ3v) is 9.33. The minimum Gasteiger partial charge on any atom is -0.467 e. The third-order valence-electron chi connectivity index (χ3n) is 7.55. The van der Waals surface area contributed by atoms with Gasteiger partial charge >= 0.3 is 0 Å². The van der Waals surface area contributed by atoms with Gasteiger partial charge in [0, 0.05) is 24.3 Å². The average molecular weight is 480 g/mol. The number of sulfonamides is 1. The summed E-state index contributed by atoms with van der Waals surface area (Å²) < 4.78 is 45.8. The minimum atomic E-state index is -3.51. The van der Waals surface area contributed by atoms with E-state index >= 15 is 0 Å². The zero-order valence-electron chi connectivity index (χ0n) is 19.1. The summed E-state index contributed by atoms with van der Waals surface area (Å²) >= 11 is 0. The molecule has 2 saturated heterocycles. The summed E-state index contributed by atoms with van der Waals surface area (Å²) in [4.78, 5) is 19.5. The number of pyridine rings is 1. The van der Waals surface area contributed by atoms with Crippen LogP contribution < -0.4 is 9.46 Å². The summed E-state index contributed by atoms with van der Waals surface area (Å²) in [7, 11) is -3.51. The summed E-state index contributed by atoms with van der Waals surface area (Å²) in [5.41, 5.74) is 2.24. The number of rotatable bonds is 3. The van der Waals surface area contributed by atoms with Crippen molar-refractivity contribution in [3.63, 3.8) is 0 Å². The van der Waals surface area contributed by atoms with Crippen LogP contribution >= 0.6 is 0 Å². The summed E-state index contributed by atoms with van der Waals surface area (Å²) in [6.07, 6.45) is 7.03. The molecule has 0 spiro atoms. The van der Waals surface area contributed by atoms with Gasteiger partial charge in [-0.25, -0.2) is 18.1 Å². The van der Waals surface area contributed by atoms with Crippen molar-refractivity contribution in [2.24, 2.45) is 0 Å². The van der Waals surface area contributed by atoms with E-state index in [2.05, 4.69) is 16.6 Å². The first-order valence-electron chi connectivity index (χ1n) is 12.0. The van der Waals surface area contributed by atoms with E-state index < -0.39 is 15.3 Å². The summed E-state index contributed by atoms with van der Waals surface area (Å²) in [6, 6.07) is 1.24. The summed E-state index contributed by atoms with van der Waals surface area (Å²) in [6.45, 7) is 3.26. The topological polar surface area (TPSA) is 107 Å². The van der Waals surface area contributed by atoms with Crippen LogP contribution in [0.2, 0.25) is 0 Å². The number of nitrogens with one attached hydrogen (secondary N) is 1. The van der Waals surface area contributed by atoms with Crippen molar-refractivity contribution < 1.29 is 27.4 Å². The van der Waals surface area contributed by atoms with E-state index in [1.807, 2.05) is 6.07 Å². The zero-order chi connectivity index (χ0) is 23.0. The SMILES string of the molecule is Cc1ccnc2c1C1CCC(CC1)OC[C@H]1[C@@H](NS(=O)(=O)C3COC3)CCCN1C(=O)CO2. The fourth-order valence-electron chi connectivity index (χ4n) is 5.53. The second-order valence-corrected chi connectivity index (χ2v) is 11.7. The second-order valence-electron chi connectivity index (χ2n) is 9.67. The molecule has 9 nitrogen and oxygen atoms in total. The molecular formula is C23H33N3O6S. The number of fused-ring (bicyclic) bond motifs is 5. The number of piperidine rings is 1. The van der Waals surface area contributed by atoms with Gasteiger partial charge in [0.2, 0.25) is 15.9 Å². The Morgan fingerprint density at radius 1 is 1.12 bits per heavy atom. The van der Waals surface area contributed by atoms with Crippen molar-refractivity contribution in [2.75, 3.05) is 33.0 Å². The number of hydrogen-bond acceptors (Lipinski definition) is 7. The number of carbonyl (C=O) groups is 1. The summed E-state index contributed by atoms with van der Waals surface area (Å²) in [5.74, 6) is 0.722. The molecule has 5 aliphatic rings. The number of carbonyl (C=O) groups excluding carboxylic acids is 1. The predicted molar refractivity (Wildman–Crippen MR) is 121 cm³/mol. The molecule has 0 radical (unpaired) electrons. The van der Waals surface area contributed by atoms with Gasteiger partial charge in [-0.2, -0.15) is 0 Å². The Bertz CT molecular complexity index is 974. The van der Waals surface area contributed by atoms with Crippen LogP contribution in [-0.2, 0) is 24.3 Å². The third kappa shape index (κ3) is 4.76. The number of hydrogen-bond donors (Lipinski definition) is 1. The molecule has 182 valence electrons. The van der Waals surface area contributed by atoms with Gasteiger partial charge in [-0.05, 0) is 63.0 Å². The maximum atomic E-state index is 13.3. The first-order valence-corrected chi connectivity index (χ1v) is 13.6. The molecule has 6 rings (SSSR count). The van der Waals surface area contributed by atoms with E-state index in [0.29, 0.717) is 31.4 Å². The quantitative estimate of drug-likeness (QED) is 0.700. The molecular weight excluding hydrogens is 446 g/mol. The molecule has 2 atom stereocenters. The molecule has 1 N–H and O–H groups in total. The van der Waals surface area contributed by atoms with Gasteiger partial charge in [-0.3, -0.25) is 4.79 Å². The lowest BCUT2D eigenvalue weighted by Crippen LogP contribution is -2.61. The molecule has 1 saturated carbocycles. The van der Waals surface area contributed by atoms with Crippen LogP contribution in [0.15, 0.2) is 12.3 Å². The Morgan fingerprint density at radius 3 is 2.64 bits per heavy atom. The van der Waals surface area contributed by atoms with E-state index in [4.69, 9.17) is 14.2 Å². The van der Waals surface area contributed by atoms with Crippen LogP contribution in [-0.4, -0.2) is 80.6 Å². The van der Waals surface area contributed by atoms with Gasteiger partial charge in [0.25, 0.3) is 5.91 Å². The molecule has 0 aromatic carbocycles. The molecule has 33 heavy (non-hydrogen) atoms. The molecule has 1 amide bonds. The van der Waals surface area contributed by atoms with Crippen molar-refractivity contribution in [1.29, 1.82) is 0 Å². The molecule has 4 aliphatic heterocycles. The molecule has 3 fully saturated rings. The van der Waals surface area contributed by atoms with Gasteiger partial charge in [0.15, 0.2) is 6.61 Å². The van der Waals surface area contributed by atoms with Crippen LogP contribution in [0, 0.1) is 6.92 Å². The van der Waals surface area contributed by atoms with Crippen LogP contribution in [0.4, 0.5) is 0 Å². The van der Waals surface area contributed by atoms with Crippen molar-refractivity contribution in [1.82, 2.24) is 14.6 Å². The van der Waals surface area contributed by atoms with Crippen LogP contribution in [0.3, 0.4) is 0 Å². The lowest BCUT2D eigenvalue weighted by atomic mass is 9.81. The fraction of sp³-hybridized carbons (Fsp3) is 0.739. The van der Waals surface area contributed by atoms with Gasteiger partial charge in [0.1, 0.15) is 5.25 Å². The number of aromatic nitrogens is 1. The van der Waals surface area contributed by atoms with Gasteiger partial charge in [-0.1, -0.05) is 0 Å². The van der Waals surface area contributed by atoms with Crippen molar-refractivity contribution in [3.05, 3.63) is 23.4 Å². The lowest BCUT2D eigenvalue weighted by molar-refractivity contribution is -0.140. The Labute approximate surface area is 195 Å². The van der Waals surface area contributed by atoms with Crippen molar-refractivity contribution in [3.8, 4) is 5.88 Å². The van der Waals surface area contributed by atoms with Gasteiger partial charge in [-0.15, -0.1) is 0 Å². The predicted octanol–water partition coefficient (Wildman–Crippen LogP) is 1.50. The summed E-state index contributed by atoms with van der Waals surface area (Å²) in [5, 5.41) is -0.524. The molecule has 1 aromatic rings. The van der Waals surface area contributed by atoms with Crippen LogP contribution in [0.1, 0.15) is 55.6 Å². The highest BCUT2D eigenvalue weighted by Gasteiger charge is 2.41. The Morgan fingerprint density at radius 2 is 1.91 bits per heavy atom. The maximum Gasteiger partial charge on any atom is 0.260 e. The van der Waals surface area contributed by atoms with Crippen molar-refractivity contribution in [2.45, 2.75) is 74.8 Å². The minimum absolute atomic E-state index is 0.111. The molecule has 5 heterocycles. The molecule has 1 aliphatic carbocycles. The molecule has 2 bridgehead atoms. The lowest BCUT2D eigenvalue weighted by Gasteiger charge is -2.42. The first-order chi connectivity index (χ1) is 15.9. The monoisotopic (exact) mass is 479 g/mol. The average Bonchev–Trinajstić information content (AvgIpc) is 2.76. The van der Waals surface area contributed by atoms with Gasteiger partial charge in [0.05, 0.1) is 32.0 Å². The fourth-order valence-corrected chi connectivity index (χ4v) is 6.97. The smallest absolute Gasteiger partial charge is 0.260 e. The number of aryl methyl sites for hydroxylation is 1. The Kier molecular flexibility index (Phi) is 6.61. The highest BCUT2D eigenvalue weighted by Crippen LogP contribution is 2.39. The zero-order valence-corrected chi connectivity index (χ0v) is 19.9. The van der Waals surface area contributed by atoms with E-state index in [-0.39, 0.29) is 43.9 Å². The Balaban J connectivity index is 1.40. The largest absolute Gasteiger partial charge is 0.467 e. The number of ether oxygens (including phenoxy) is 3. The molecule has 0 unspecified atom stereocenters. The maximum absolute atomic E-state index is 13.3. The number of amides is 1. The normalized spacial score (nSPS) is 31.3. The van der Waals surface area contributed by atoms with Gasteiger partial charge < -0.3 is 19.1 Å². The number of nitrogens with zero attached hydrogens (tertiary/aromatic N) is 2. The highest BCUT2D eigenvalue weighted by molar-refractivity contribution is 7.90. The van der Waals surface area contributed by atoms with Crippen LogP contribution in [0.5, 0.6) is 5.88 Å².